The van der Waals surface area contributed by atoms with E-state index in [4.69, 9.17) is 11.6 Å². The van der Waals surface area contributed by atoms with Crippen LogP contribution in [0.15, 0.2) is 0 Å². The third-order valence-corrected chi connectivity index (χ3v) is 3.25. The van der Waals surface area contributed by atoms with Crippen molar-refractivity contribution in [1.82, 2.24) is 4.90 Å². The van der Waals surface area contributed by atoms with Gasteiger partial charge in [-0.05, 0) is 30.7 Å². The van der Waals surface area contributed by atoms with E-state index in [2.05, 4.69) is 6.26 Å². The van der Waals surface area contributed by atoms with Crippen LogP contribution in [0.5, 0.6) is 0 Å². The molecule has 0 bridgehead atoms. The summed E-state index contributed by atoms with van der Waals surface area (Å²) in [6.45, 7) is 1.66. The molecule has 1 rings (SSSR count). The van der Waals surface area contributed by atoms with Crippen LogP contribution in [0.4, 0.5) is 4.79 Å². The Bertz CT molecular complexity index is 153. The number of carbonyl (C=O) groups is 1. The van der Waals surface area contributed by atoms with Crippen LogP contribution in [0.2, 0.25) is 0 Å². The highest BCUT2D eigenvalue weighted by molar-refractivity contribution is 7.99. The summed E-state index contributed by atoms with van der Waals surface area (Å²) >= 11 is 7.17. The van der Waals surface area contributed by atoms with Crippen LogP contribution in [-0.2, 0) is 0 Å². The van der Waals surface area contributed by atoms with Gasteiger partial charge in [-0.15, -0.1) is 0 Å². The predicted molar refractivity (Wildman–Crippen MR) is 49.4 cm³/mol. The maximum atomic E-state index is 10.7. The van der Waals surface area contributed by atoms with Gasteiger partial charge in [0.05, 0.1) is 0 Å². The summed E-state index contributed by atoms with van der Waals surface area (Å²) in [6.07, 6.45) is 4.37. The molecular weight excluding hydrogens is 182 g/mol. The zero-order chi connectivity index (χ0) is 8.27. The maximum absolute atomic E-state index is 10.7. The Morgan fingerprint density at radius 1 is 1.73 bits per heavy atom. The first-order valence-corrected chi connectivity index (χ1v) is 5.38. The van der Waals surface area contributed by atoms with Gasteiger partial charge in [-0.3, -0.25) is 4.79 Å². The Labute approximate surface area is 76.3 Å². The summed E-state index contributed by atoms with van der Waals surface area (Å²) in [5, 5.41) is 0.287. The Kier molecular flexibility index (Phi) is 3.52. The minimum Gasteiger partial charge on any atom is -0.328 e. The van der Waals surface area contributed by atoms with Gasteiger partial charge in [0, 0.05) is 18.3 Å². The van der Waals surface area contributed by atoms with Crippen LogP contribution in [0.1, 0.15) is 12.8 Å². The van der Waals surface area contributed by atoms with Crippen LogP contribution in [-0.4, -0.2) is 34.9 Å². The first-order chi connectivity index (χ1) is 5.24. The number of piperidine rings is 1. The summed E-state index contributed by atoms with van der Waals surface area (Å²) in [6, 6.07) is 0. The number of halogens is 1. The van der Waals surface area contributed by atoms with Gasteiger partial charge in [-0.25, -0.2) is 0 Å². The molecule has 1 atom stereocenters. The van der Waals surface area contributed by atoms with E-state index in [1.54, 1.807) is 4.90 Å². The lowest BCUT2D eigenvalue weighted by Gasteiger charge is -2.29. The van der Waals surface area contributed by atoms with Gasteiger partial charge in [0.2, 0.25) is 0 Å². The molecule has 11 heavy (non-hydrogen) atoms. The number of nitrogens with zero attached hydrogens (tertiary/aromatic N) is 1. The average molecular weight is 194 g/mol. The SMILES string of the molecule is CSC1CCCN(C(=O)Cl)C1. The summed E-state index contributed by atoms with van der Waals surface area (Å²) < 4.78 is 0. The second kappa shape index (κ2) is 4.21. The molecule has 2 nitrogen and oxygen atoms in total. The molecule has 1 aliphatic heterocycles. The molecule has 0 aromatic carbocycles. The van der Waals surface area contributed by atoms with Crippen molar-refractivity contribution in [2.75, 3.05) is 19.3 Å². The van der Waals surface area contributed by atoms with Crippen molar-refractivity contribution >= 4 is 28.7 Å². The second-order valence-electron chi connectivity index (χ2n) is 2.70. The monoisotopic (exact) mass is 193 g/mol. The highest BCUT2D eigenvalue weighted by Crippen LogP contribution is 2.20. The maximum Gasteiger partial charge on any atom is 0.316 e. The molecule has 0 N–H and O–H groups in total. The largest absolute Gasteiger partial charge is 0.328 e. The molecule has 0 saturated carbocycles. The first kappa shape index (κ1) is 9.20. The summed E-state index contributed by atoms with van der Waals surface area (Å²) in [7, 11) is 0. The number of hydrogen-bond acceptors (Lipinski definition) is 2. The predicted octanol–water partition coefficient (Wildman–Crippen LogP) is 2.17. The lowest BCUT2D eigenvalue weighted by molar-refractivity contribution is 0.211. The van der Waals surface area contributed by atoms with E-state index in [1.165, 1.54) is 6.42 Å². The van der Waals surface area contributed by atoms with E-state index in [9.17, 15) is 4.79 Å². The fourth-order valence-corrected chi connectivity index (χ4v) is 2.18. The Morgan fingerprint density at radius 3 is 3.00 bits per heavy atom. The van der Waals surface area contributed by atoms with E-state index in [0.717, 1.165) is 19.5 Å². The molecule has 1 unspecified atom stereocenters. The van der Waals surface area contributed by atoms with Crippen molar-refractivity contribution < 1.29 is 4.79 Å². The minimum absolute atomic E-state index is 0.302. The topological polar surface area (TPSA) is 20.3 Å². The highest BCUT2D eigenvalue weighted by atomic mass is 35.5. The third-order valence-electron chi connectivity index (χ3n) is 1.96. The van der Waals surface area contributed by atoms with E-state index in [0.29, 0.717) is 5.25 Å². The zero-order valence-electron chi connectivity index (χ0n) is 6.55. The molecule has 1 fully saturated rings. The Balaban J connectivity index is 2.39. The quantitative estimate of drug-likeness (QED) is 0.470. The number of amides is 1. The van der Waals surface area contributed by atoms with Crippen LogP contribution in [0.3, 0.4) is 0 Å². The lowest BCUT2D eigenvalue weighted by Crippen LogP contribution is -2.38. The molecule has 1 aliphatic rings. The summed E-state index contributed by atoms with van der Waals surface area (Å²) in [4.78, 5) is 12.5. The van der Waals surface area contributed by atoms with Crippen LogP contribution in [0, 0.1) is 0 Å². The van der Waals surface area contributed by atoms with Crippen molar-refractivity contribution in [1.29, 1.82) is 0 Å². The Morgan fingerprint density at radius 2 is 2.45 bits per heavy atom. The molecule has 0 aromatic rings. The fraction of sp³-hybridized carbons (Fsp3) is 0.857. The number of hydrogen-bond donors (Lipinski definition) is 0. The zero-order valence-corrected chi connectivity index (χ0v) is 8.12. The molecule has 4 heteroatoms. The Hall–Kier alpha value is 0.110. The van der Waals surface area contributed by atoms with Gasteiger partial charge in [0.25, 0.3) is 0 Å². The third kappa shape index (κ3) is 2.56. The molecule has 0 spiro atoms. The van der Waals surface area contributed by atoms with E-state index >= 15 is 0 Å². The van der Waals surface area contributed by atoms with Gasteiger partial charge >= 0.3 is 5.37 Å². The normalized spacial score (nSPS) is 25.3. The van der Waals surface area contributed by atoms with Crippen LogP contribution in [0.25, 0.3) is 0 Å². The van der Waals surface area contributed by atoms with Gasteiger partial charge in [-0.1, -0.05) is 0 Å². The molecule has 0 aromatic heterocycles. The molecular formula is C7H12ClNOS. The van der Waals surface area contributed by atoms with Crippen molar-refractivity contribution in [2.24, 2.45) is 0 Å². The lowest BCUT2D eigenvalue weighted by atomic mass is 10.1. The van der Waals surface area contributed by atoms with E-state index < -0.39 is 0 Å². The summed E-state index contributed by atoms with van der Waals surface area (Å²) in [5.74, 6) is 0. The van der Waals surface area contributed by atoms with Gasteiger partial charge < -0.3 is 4.90 Å². The number of rotatable bonds is 1. The van der Waals surface area contributed by atoms with E-state index in [1.807, 2.05) is 11.8 Å². The molecule has 64 valence electrons. The van der Waals surface area contributed by atoms with Gasteiger partial charge in [-0.2, -0.15) is 11.8 Å². The van der Waals surface area contributed by atoms with Gasteiger partial charge in [0.1, 0.15) is 0 Å². The number of likely N-dealkylation sites (tertiary alicyclic amines) is 1. The van der Waals surface area contributed by atoms with E-state index in [-0.39, 0.29) is 5.37 Å². The van der Waals surface area contributed by atoms with Crippen molar-refractivity contribution in [3.05, 3.63) is 0 Å². The van der Waals surface area contributed by atoms with Gasteiger partial charge in [0.15, 0.2) is 0 Å². The summed E-state index contributed by atoms with van der Waals surface area (Å²) in [5.41, 5.74) is 0. The highest BCUT2D eigenvalue weighted by Gasteiger charge is 2.21. The van der Waals surface area contributed by atoms with Crippen molar-refractivity contribution in [3.63, 3.8) is 0 Å². The van der Waals surface area contributed by atoms with Crippen LogP contribution >= 0.6 is 23.4 Å². The molecule has 1 saturated heterocycles. The molecule has 0 radical (unpaired) electrons. The number of carbonyl (C=O) groups excluding carboxylic acids is 1. The fourth-order valence-electron chi connectivity index (χ4n) is 1.29. The number of thioether (sulfide) groups is 1. The first-order valence-electron chi connectivity index (χ1n) is 3.71. The second-order valence-corrected chi connectivity index (χ2v) is 4.16. The van der Waals surface area contributed by atoms with Crippen LogP contribution < -0.4 is 0 Å². The molecule has 1 heterocycles. The standard InChI is InChI=1S/C7H12ClNOS/c1-11-6-3-2-4-9(5-6)7(8)10/h6H,2-5H2,1H3. The average Bonchev–Trinajstić information content (AvgIpc) is 2.05. The van der Waals surface area contributed by atoms with Crippen molar-refractivity contribution in [2.45, 2.75) is 18.1 Å². The minimum atomic E-state index is -0.302. The molecule has 0 aliphatic carbocycles. The smallest absolute Gasteiger partial charge is 0.316 e. The molecule has 1 amide bonds. The van der Waals surface area contributed by atoms with Crippen molar-refractivity contribution in [3.8, 4) is 0 Å².